The average Bonchev–Trinajstić information content (AvgIpc) is 3.11. The molecule has 0 aliphatic carbocycles. The lowest BCUT2D eigenvalue weighted by molar-refractivity contribution is 0.864. The van der Waals surface area contributed by atoms with Gasteiger partial charge in [-0.1, -0.05) is 36.4 Å². The number of anilines is 1. The van der Waals surface area contributed by atoms with Crippen LogP contribution in [0.25, 0.3) is 5.65 Å². The van der Waals surface area contributed by atoms with E-state index in [0.29, 0.717) is 0 Å². The molecule has 0 saturated heterocycles. The number of hydrogen-bond donors (Lipinski definition) is 1. The predicted octanol–water partition coefficient (Wildman–Crippen LogP) is 3.47. The van der Waals surface area contributed by atoms with Crippen molar-refractivity contribution in [3.8, 4) is 0 Å². The van der Waals surface area contributed by atoms with E-state index in [0.717, 1.165) is 41.0 Å². The van der Waals surface area contributed by atoms with Gasteiger partial charge in [-0.25, -0.2) is 4.98 Å². The van der Waals surface area contributed by atoms with Gasteiger partial charge in [0.2, 0.25) is 0 Å². The molecular weight excluding hydrogens is 344 g/mol. The molecule has 0 spiro atoms. The lowest BCUT2D eigenvalue weighted by atomic mass is 10.2. The van der Waals surface area contributed by atoms with Gasteiger partial charge >= 0.3 is 0 Å². The Morgan fingerprint density at radius 2 is 1.85 bits per heavy atom. The van der Waals surface area contributed by atoms with Crippen molar-refractivity contribution >= 4 is 23.2 Å². The highest BCUT2D eigenvalue weighted by Gasteiger charge is 2.05. The molecular formula is C19H18N6S. The Morgan fingerprint density at radius 1 is 0.962 bits per heavy atom. The van der Waals surface area contributed by atoms with Crippen molar-refractivity contribution in [2.24, 2.45) is 0 Å². The first-order valence-electron chi connectivity index (χ1n) is 8.40. The highest BCUT2D eigenvalue weighted by molar-refractivity contribution is 7.98. The first-order valence-corrected chi connectivity index (χ1v) is 9.38. The lowest BCUT2D eigenvalue weighted by Gasteiger charge is -2.06. The molecule has 0 fully saturated rings. The summed E-state index contributed by atoms with van der Waals surface area (Å²) >= 11 is 1.68. The quantitative estimate of drug-likeness (QED) is 0.508. The summed E-state index contributed by atoms with van der Waals surface area (Å²) in [6.45, 7) is 0.719. The number of hydrogen-bond acceptors (Lipinski definition) is 6. The largest absolute Gasteiger partial charge is 0.368 e. The highest BCUT2D eigenvalue weighted by Crippen LogP contribution is 2.21. The Morgan fingerprint density at radius 3 is 2.77 bits per heavy atom. The van der Waals surface area contributed by atoms with Gasteiger partial charge in [0.1, 0.15) is 16.7 Å². The molecule has 0 amide bonds. The van der Waals surface area contributed by atoms with Crippen LogP contribution in [0.15, 0.2) is 72.1 Å². The smallest absolute Gasteiger partial charge is 0.160 e. The number of thioether (sulfide) groups is 1. The molecule has 0 saturated carbocycles. The van der Waals surface area contributed by atoms with Crippen molar-refractivity contribution in [2.75, 3.05) is 11.9 Å². The number of nitrogens with one attached hydrogen (secondary N) is 1. The van der Waals surface area contributed by atoms with Crippen LogP contribution in [-0.4, -0.2) is 31.1 Å². The zero-order valence-electron chi connectivity index (χ0n) is 14.1. The molecule has 26 heavy (non-hydrogen) atoms. The van der Waals surface area contributed by atoms with Gasteiger partial charge in [0.25, 0.3) is 0 Å². The zero-order valence-corrected chi connectivity index (χ0v) is 14.9. The summed E-state index contributed by atoms with van der Waals surface area (Å²) in [4.78, 5) is 8.90. The minimum Gasteiger partial charge on any atom is -0.368 e. The lowest BCUT2D eigenvalue weighted by Crippen LogP contribution is -2.09. The molecule has 7 heteroatoms. The minimum absolute atomic E-state index is 0.719. The molecule has 0 bridgehead atoms. The topological polar surface area (TPSA) is 68.0 Å². The first kappa shape index (κ1) is 16.5. The van der Waals surface area contributed by atoms with Gasteiger partial charge in [-0.15, -0.1) is 22.0 Å². The summed E-state index contributed by atoms with van der Waals surface area (Å²) in [5, 5.41) is 12.6. The fourth-order valence-electron chi connectivity index (χ4n) is 2.60. The monoisotopic (exact) mass is 362 g/mol. The molecule has 130 valence electrons. The van der Waals surface area contributed by atoms with Crippen molar-refractivity contribution in [2.45, 2.75) is 17.2 Å². The number of benzene rings is 1. The Labute approximate surface area is 155 Å². The maximum Gasteiger partial charge on any atom is 0.160 e. The Hall–Kier alpha value is -2.93. The van der Waals surface area contributed by atoms with Gasteiger partial charge in [0.15, 0.2) is 5.65 Å². The van der Waals surface area contributed by atoms with Crippen LogP contribution in [0.4, 0.5) is 5.82 Å². The number of nitrogens with zero attached hydrogens (tertiary/aromatic N) is 5. The summed E-state index contributed by atoms with van der Waals surface area (Å²) in [5.41, 5.74) is 2.14. The van der Waals surface area contributed by atoms with Crippen LogP contribution in [0.2, 0.25) is 0 Å². The predicted molar refractivity (Wildman–Crippen MR) is 103 cm³/mol. The number of rotatable bonds is 7. The summed E-state index contributed by atoms with van der Waals surface area (Å²) in [6, 6.07) is 16.2. The normalized spacial score (nSPS) is 10.9. The Kier molecular flexibility index (Phi) is 5.07. The third-order valence-corrected chi connectivity index (χ3v) is 4.85. The van der Waals surface area contributed by atoms with Gasteiger partial charge in [0.05, 0.1) is 12.4 Å². The molecule has 4 aromatic rings. The van der Waals surface area contributed by atoms with Crippen LogP contribution in [0.3, 0.4) is 0 Å². The summed E-state index contributed by atoms with van der Waals surface area (Å²) < 4.78 is 2.00. The van der Waals surface area contributed by atoms with E-state index in [1.807, 2.05) is 47.0 Å². The van der Waals surface area contributed by atoms with Crippen molar-refractivity contribution in [1.82, 2.24) is 24.6 Å². The molecule has 1 N–H and O–H groups in total. The van der Waals surface area contributed by atoms with E-state index in [1.54, 1.807) is 24.2 Å². The van der Waals surface area contributed by atoms with E-state index in [-0.39, 0.29) is 0 Å². The van der Waals surface area contributed by atoms with E-state index in [1.165, 1.54) is 5.56 Å². The van der Waals surface area contributed by atoms with E-state index in [2.05, 4.69) is 37.6 Å². The Bertz CT molecular complexity index is 985. The van der Waals surface area contributed by atoms with Crippen LogP contribution < -0.4 is 5.32 Å². The second-order valence-electron chi connectivity index (χ2n) is 5.74. The summed E-state index contributed by atoms with van der Waals surface area (Å²) in [7, 11) is 0. The van der Waals surface area contributed by atoms with E-state index >= 15 is 0 Å². The molecule has 0 radical (unpaired) electrons. The molecule has 0 atom stereocenters. The zero-order chi connectivity index (χ0) is 17.6. The molecule has 1 aromatic carbocycles. The number of pyridine rings is 1. The van der Waals surface area contributed by atoms with Crippen molar-refractivity contribution < 1.29 is 0 Å². The fourth-order valence-corrected chi connectivity index (χ4v) is 3.40. The second kappa shape index (κ2) is 7.97. The van der Waals surface area contributed by atoms with E-state index in [9.17, 15) is 0 Å². The van der Waals surface area contributed by atoms with Crippen LogP contribution in [0.1, 0.15) is 11.4 Å². The van der Waals surface area contributed by atoms with Gasteiger partial charge < -0.3 is 5.32 Å². The maximum absolute atomic E-state index is 4.62. The molecule has 6 nitrogen and oxygen atoms in total. The van der Waals surface area contributed by atoms with Gasteiger partial charge in [-0.2, -0.15) is 0 Å². The molecule has 0 unspecified atom stereocenters. The SMILES string of the molecule is c1ccc(CSc2cncc(NCCc3nnc4ccccn34)n2)cc1. The molecule has 3 heterocycles. The van der Waals surface area contributed by atoms with Crippen LogP contribution in [0.5, 0.6) is 0 Å². The van der Waals surface area contributed by atoms with E-state index in [4.69, 9.17) is 0 Å². The molecule has 0 aliphatic rings. The Balaban J connectivity index is 1.33. The van der Waals surface area contributed by atoms with Crippen LogP contribution in [-0.2, 0) is 12.2 Å². The highest BCUT2D eigenvalue weighted by atomic mass is 32.2. The van der Waals surface area contributed by atoms with Gasteiger partial charge in [-0.3, -0.25) is 9.38 Å². The van der Waals surface area contributed by atoms with Crippen LogP contribution >= 0.6 is 11.8 Å². The fraction of sp³-hybridized carbons (Fsp3) is 0.158. The van der Waals surface area contributed by atoms with E-state index < -0.39 is 0 Å². The van der Waals surface area contributed by atoms with Gasteiger partial charge in [-0.05, 0) is 17.7 Å². The second-order valence-corrected chi connectivity index (χ2v) is 6.73. The third kappa shape index (κ3) is 4.00. The number of fused-ring (bicyclic) bond motifs is 1. The summed E-state index contributed by atoms with van der Waals surface area (Å²) in [5.74, 6) is 2.58. The average molecular weight is 362 g/mol. The van der Waals surface area contributed by atoms with Crippen LogP contribution in [0, 0.1) is 0 Å². The van der Waals surface area contributed by atoms with Crippen molar-refractivity contribution in [3.05, 3.63) is 78.5 Å². The number of aromatic nitrogens is 5. The third-order valence-electron chi connectivity index (χ3n) is 3.88. The van der Waals surface area contributed by atoms with Crippen molar-refractivity contribution in [3.63, 3.8) is 0 Å². The molecule has 4 rings (SSSR count). The maximum atomic E-state index is 4.62. The molecule has 0 aliphatic heterocycles. The molecule has 3 aromatic heterocycles. The minimum atomic E-state index is 0.719. The first-order chi connectivity index (χ1) is 12.9. The standard InChI is InChI=1S/C19H18N6S/c1-2-6-15(7-3-1)14-26-19-13-20-12-16(22-19)21-10-9-18-24-23-17-8-4-5-11-25(17)18/h1-8,11-13H,9-10,14H2,(H,21,22). The van der Waals surface area contributed by atoms with Crippen molar-refractivity contribution in [1.29, 1.82) is 0 Å². The van der Waals surface area contributed by atoms with Gasteiger partial charge in [0, 0.05) is 24.9 Å². The summed E-state index contributed by atoms with van der Waals surface area (Å²) in [6.07, 6.45) is 6.28.